The Morgan fingerprint density at radius 1 is 0.250 bits per heavy atom. The van der Waals surface area contributed by atoms with Crippen molar-refractivity contribution >= 4 is 51.2 Å². The largest absolute Gasteiger partial charge is 0.311 e. The van der Waals surface area contributed by atoms with Crippen LogP contribution >= 0.6 is 0 Å². The lowest BCUT2D eigenvalue weighted by Gasteiger charge is -2.47. The van der Waals surface area contributed by atoms with E-state index in [1.165, 1.54) is 95.1 Å². The number of benzene rings is 11. The SMILES string of the molecule is Cc1ccc(N(c2ccc(C3(c4ccccc4)c4ccccc4N(c4ccc(C)cc4)c4ccc(C)cc43)cc2)c2ccc(C3(c4ccccc4)c4ccccc4N(c4ccc(C)cc4)c4ccc(C)cc43)cc2)cc1. The number of rotatable bonds is 9. The van der Waals surface area contributed by atoms with Gasteiger partial charge in [0.1, 0.15) is 0 Å². The zero-order chi connectivity index (χ0) is 51.5. The fourth-order valence-electron chi connectivity index (χ4n) is 12.6. The molecule has 366 valence electrons. The summed E-state index contributed by atoms with van der Waals surface area (Å²) in [5.41, 5.74) is 25.0. The molecule has 0 spiro atoms. The van der Waals surface area contributed by atoms with Crippen LogP contribution in [0.2, 0.25) is 0 Å². The molecule has 2 atom stereocenters. The van der Waals surface area contributed by atoms with Crippen molar-refractivity contribution in [1.82, 2.24) is 0 Å². The third-order valence-corrected chi connectivity index (χ3v) is 16.1. The molecule has 2 heterocycles. The number of para-hydroxylation sites is 2. The molecule has 0 aromatic heterocycles. The van der Waals surface area contributed by atoms with Gasteiger partial charge >= 0.3 is 0 Å². The molecular weight excluding hydrogens is 919 g/mol. The van der Waals surface area contributed by atoms with E-state index in [2.05, 4.69) is 316 Å². The van der Waals surface area contributed by atoms with Gasteiger partial charge in [0, 0.05) is 28.4 Å². The molecule has 0 fully saturated rings. The van der Waals surface area contributed by atoms with Gasteiger partial charge in [0.25, 0.3) is 0 Å². The fourth-order valence-corrected chi connectivity index (χ4v) is 12.6. The van der Waals surface area contributed by atoms with Crippen LogP contribution in [0, 0.1) is 34.6 Å². The van der Waals surface area contributed by atoms with Gasteiger partial charge < -0.3 is 14.7 Å². The van der Waals surface area contributed by atoms with Crippen LogP contribution in [0.1, 0.15) is 72.3 Å². The van der Waals surface area contributed by atoms with Gasteiger partial charge in [-0.2, -0.15) is 0 Å². The molecule has 76 heavy (non-hydrogen) atoms. The zero-order valence-electron chi connectivity index (χ0n) is 43.7. The van der Waals surface area contributed by atoms with Crippen LogP contribution < -0.4 is 14.7 Å². The Morgan fingerprint density at radius 2 is 0.539 bits per heavy atom. The number of nitrogens with zero attached hydrogens (tertiary/aromatic N) is 3. The lowest BCUT2D eigenvalue weighted by atomic mass is 9.62. The van der Waals surface area contributed by atoms with Gasteiger partial charge in [0.05, 0.1) is 33.6 Å². The summed E-state index contributed by atoms with van der Waals surface area (Å²) in [6.07, 6.45) is 0. The van der Waals surface area contributed by atoms with E-state index >= 15 is 0 Å². The molecule has 3 nitrogen and oxygen atoms in total. The van der Waals surface area contributed by atoms with Gasteiger partial charge in [-0.1, -0.05) is 210 Å². The minimum Gasteiger partial charge on any atom is -0.311 e. The van der Waals surface area contributed by atoms with Crippen molar-refractivity contribution in [3.8, 4) is 0 Å². The highest BCUT2D eigenvalue weighted by Crippen LogP contribution is 2.60. The quantitative estimate of drug-likeness (QED) is 0.143. The first-order valence-electron chi connectivity index (χ1n) is 26.6. The van der Waals surface area contributed by atoms with Crippen LogP contribution in [-0.2, 0) is 10.8 Å². The van der Waals surface area contributed by atoms with Crippen molar-refractivity contribution in [3.05, 3.63) is 339 Å². The van der Waals surface area contributed by atoms with E-state index in [1.54, 1.807) is 0 Å². The molecule has 2 aliphatic heterocycles. The number of aryl methyl sites for hydroxylation is 5. The third-order valence-electron chi connectivity index (χ3n) is 16.1. The van der Waals surface area contributed by atoms with Gasteiger partial charge in [-0.15, -0.1) is 0 Å². The molecular formula is C73H59N3. The van der Waals surface area contributed by atoms with E-state index < -0.39 is 10.8 Å². The smallest absolute Gasteiger partial charge is 0.0742 e. The van der Waals surface area contributed by atoms with Gasteiger partial charge in [-0.05, 0) is 164 Å². The van der Waals surface area contributed by atoms with Gasteiger partial charge in [0.15, 0.2) is 0 Å². The Kier molecular flexibility index (Phi) is 11.4. The molecule has 11 aromatic carbocycles. The standard InChI is InChI=1S/C73H59N3/c1-50-24-36-59(37-25-50)74(60-42-32-57(33-43-60)72(55-16-8-6-9-17-55)64-20-12-14-22-68(64)75(62-38-26-51(2)27-39-62)70-46-30-53(4)48-66(70)72)61-44-34-58(35-45-61)73(56-18-10-7-11-19-56)65-21-13-15-23-69(65)76(63-40-28-52(3)29-41-63)71-47-31-54(5)49-67(71)73/h6-49H,1-5H3. The molecule has 2 aliphatic rings. The zero-order valence-corrected chi connectivity index (χ0v) is 43.7. The average molecular weight is 978 g/mol. The molecule has 0 amide bonds. The summed E-state index contributed by atoms with van der Waals surface area (Å²) < 4.78 is 0. The highest BCUT2D eigenvalue weighted by atomic mass is 15.2. The first kappa shape index (κ1) is 46.6. The maximum atomic E-state index is 2.45. The molecule has 0 aliphatic carbocycles. The molecule has 0 radical (unpaired) electrons. The summed E-state index contributed by atoms with van der Waals surface area (Å²) in [5, 5.41) is 0. The minimum atomic E-state index is -0.624. The molecule has 0 bridgehead atoms. The van der Waals surface area contributed by atoms with Crippen LogP contribution in [-0.4, -0.2) is 0 Å². The van der Waals surface area contributed by atoms with Crippen LogP contribution in [0.4, 0.5) is 51.2 Å². The Balaban J connectivity index is 0.984. The number of anilines is 9. The summed E-state index contributed by atoms with van der Waals surface area (Å²) in [5.74, 6) is 0. The first-order valence-corrected chi connectivity index (χ1v) is 26.6. The van der Waals surface area contributed by atoms with Crippen LogP contribution in [0.5, 0.6) is 0 Å². The molecule has 2 unspecified atom stereocenters. The Morgan fingerprint density at radius 3 is 0.921 bits per heavy atom. The number of fused-ring (bicyclic) bond motifs is 4. The van der Waals surface area contributed by atoms with Crippen molar-refractivity contribution in [1.29, 1.82) is 0 Å². The van der Waals surface area contributed by atoms with Crippen molar-refractivity contribution < 1.29 is 0 Å². The predicted molar refractivity (Wildman–Crippen MR) is 318 cm³/mol. The minimum absolute atomic E-state index is 0.624. The van der Waals surface area contributed by atoms with E-state index in [4.69, 9.17) is 0 Å². The maximum absolute atomic E-state index is 2.45. The van der Waals surface area contributed by atoms with Crippen LogP contribution in [0.3, 0.4) is 0 Å². The molecule has 3 heteroatoms. The first-order chi connectivity index (χ1) is 37.2. The lowest BCUT2D eigenvalue weighted by molar-refractivity contribution is 0.730. The van der Waals surface area contributed by atoms with Gasteiger partial charge in [0.2, 0.25) is 0 Å². The molecule has 13 rings (SSSR count). The number of hydrogen-bond donors (Lipinski definition) is 0. The maximum Gasteiger partial charge on any atom is 0.0742 e. The van der Waals surface area contributed by atoms with Crippen molar-refractivity contribution in [2.75, 3.05) is 14.7 Å². The summed E-state index contributed by atoms with van der Waals surface area (Å²) in [6, 6.07) is 99.9. The second kappa shape index (κ2) is 18.6. The Bertz CT molecular complexity index is 3670. The Labute approximate surface area is 448 Å². The second-order valence-electron chi connectivity index (χ2n) is 20.9. The third kappa shape index (κ3) is 7.41. The van der Waals surface area contributed by atoms with Gasteiger partial charge in [-0.3, -0.25) is 0 Å². The molecule has 0 saturated carbocycles. The Hall–Kier alpha value is -9.18. The summed E-state index contributed by atoms with van der Waals surface area (Å²) in [4.78, 5) is 7.32. The predicted octanol–water partition coefficient (Wildman–Crippen LogP) is 19.0. The molecule has 11 aromatic rings. The van der Waals surface area contributed by atoms with Crippen molar-refractivity contribution in [2.24, 2.45) is 0 Å². The normalized spacial score (nSPS) is 16.3. The van der Waals surface area contributed by atoms with E-state index in [-0.39, 0.29) is 0 Å². The lowest BCUT2D eigenvalue weighted by Crippen LogP contribution is -2.38. The molecule has 0 saturated heterocycles. The summed E-state index contributed by atoms with van der Waals surface area (Å²) in [6.45, 7) is 10.9. The van der Waals surface area contributed by atoms with E-state index in [0.717, 1.165) is 28.4 Å². The highest BCUT2D eigenvalue weighted by molar-refractivity contribution is 5.92. The van der Waals surface area contributed by atoms with Crippen LogP contribution in [0.15, 0.2) is 267 Å². The topological polar surface area (TPSA) is 9.72 Å². The molecule has 0 N–H and O–H groups in total. The number of hydrogen-bond acceptors (Lipinski definition) is 3. The van der Waals surface area contributed by atoms with E-state index in [9.17, 15) is 0 Å². The highest BCUT2D eigenvalue weighted by Gasteiger charge is 2.48. The fraction of sp³-hybridized carbons (Fsp3) is 0.0959. The van der Waals surface area contributed by atoms with E-state index in [1.807, 2.05) is 0 Å². The van der Waals surface area contributed by atoms with Crippen molar-refractivity contribution in [2.45, 2.75) is 45.4 Å². The van der Waals surface area contributed by atoms with Crippen molar-refractivity contribution in [3.63, 3.8) is 0 Å². The second-order valence-corrected chi connectivity index (χ2v) is 20.9. The summed E-state index contributed by atoms with van der Waals surface area (Å²) >= 11 is 0. The average Bonchev–Trinajstić information content (AvgIpc) is 3.62. The van der Waals surface area contributed by atoms with Gasteiger partial charge in [-0.25, -0.2) is 0 Å². The van der Waals surface area contributed by atoms with E-state index in [0.29, 0.717) is 0 Å². The van der Waals surface area contributed by atoms with Crippen LogP contribution in [0.25, 0.3) is 0 Å². The summed E-state index contributed by atoms with van der Waals surface area (Å²) in [7, 11) is 0. The monoisotopic (exact) mass is 977 g/mol.